The molecule has 0 fully saturated rings. The average molecular weight is 405 g/mol. The molecule has 29 heavy (non-hydrogen) atoms. The van der Waals surface area contributed by atoms with Gasteiger partial charge in [0.05, 0.1) is 18.0 Å². The van der Waals surface area contributed by atoms with Crippen LogP contribution in [0.25, 0.3) is 10.6 Å². The Balaban J connectivity index is 1.43. The monoisotopic (exact) mass is 405 g/mol. The van der Waals surface area contributed by atoms with E-state index in [1.807, 2.05) is 55.5 Å². The van der Waals surface area contributed by atoms with Gasteiger partial charge >= 0.3 is 5.88 Å². The Morgan fingerprint density at radius 3 is 2.52 bits per heavy atom. The van der Waals surface area contributed by atoms with Gasteiger partial charge in [0.2, 0.25) is 5.13 Å². The van der Waals surface area contributed by atoms with E-state index in [0.29, 0.717) is 16.6 Å². The molecule has 1 N–H and O–H groups in total. The van der Waals surface area contributed by atoms with E-state index in [2.05, 4.69) is 20.5 Å². The molecule has 0 amide bonds. The molecule has 4 aromatic rings. The maximum absolute atomic E-state index is 10.6. The average Bonchev–Trinajstić information content (AvgIpc) is 3.38. The van der Waals surface area contributed by atoms with E-state index < -0.39 is 4.92 Å². The zero-order valence-electron chi connectivity index (χ0n) is 15.3. The van der Waals surface area contributed by atoms with Gasteiger partial charge in [-0.25, -0.2) is 0 Å². The first-order valence-corrected chi connectivity index (χ1v) is 9.44. The maximum atomic E-state index is 10.6. The minimum absolute atomic E-state index is 0.312. The number of nitrogens with zero attached hydrogens (tertiary/aromatic N) is 4. The Morgan fingerprint density at radius 2 is 1.83 bits per heavy atom. The first kappa shape index (κ1) is 18.5. The molecule has 0 atom stereocenters. The number of aromatic nitrogens is 2. The van der Waals surface area contributed by atoms with E-state index in [1.54, 1.807) is 0 Å². The Morgan fingerprint density at radius 1 is 1.07 bits per heavy atom. The number of furan rings is 1. The fraction of sp³-hybridized carbons (Fsp3) is 0.0500. The second-order valence-corrected chi connectivity index (χ2v) is 7.12. The molecule has 0 saturated heterocycles. The van der Waals surface area contributed by atoms with E-state index in [4.69, 9.17) is 4.42 Å². The molecule has 0 unspecified atom stereocenters. The molecular formula is C20H15N5O3S. The van der Waals surface area contributed by atoms with Crippen molar-refractivity contribution in [2.24, 2.45) is 4.99 Å². The third-order valence-electron chi connectivity index (χ3n) is 3.98. The Kier molecular flexibility index (Phi) is 5.12. The van der Waals surface area contributed by atoms with Crippen LogP contribution in [0.5, 0.6) is 0 Å². The van der Waals surface area contributed by atoms with Gasteiger partial charge in [0.15, 0.2) is 5.76 Å². The number of nitrogens with one attached hydrogen (secondary N) is 1. The van der Waals surface area contributed by atoms with Gasteiger partial charge in [-0.05, 0) is 49.4 Å². The molecule has 4 rings (SSSR count). The molecule has 0 radical (unpaired) electrons. The molecule has 2 aromatic carbocycles. The SMILES string of the molecule is Cc1ccc(Nc2nnc(-c3ccc(N=Cc4ccc([N+](=O)[O-])o4)cc3)s2)cc1. The molecule has 0 spiro atoms. The number of nitro groups is 1. The molecule has 0 aliphatic heterocycles. The number of hydrogen-bond donors (Lipinski definition) is 1. The molecule has 9 heteroatoms. The van der Waals surface area contributed by atoms with E-state index in [1.165, 1.54) is 35.2 Å². The molecule has 2 heterocycles. The van der Waals surface area contributed by atoms with Gasteiger partial charge in [-0.15, -0.1) is 10.2 Å². The van der Waals surface area contributed by atoms with Crippen molar-refractivity contribution in [3.8, 4) is 10.6 Å². The summed E-state index contributed by atoms with van der Waals surface area (Å²) in [6.07, 6.45) is 1.44. The van der Waals surface area contributed by atoms with Gasteiger partial charge in [-0.3, -0.25) is 15.1 Å². The molecule has 0 aliphatic carbocycles. The molecule has 144 valence electrons. The summed E-state index contributed by atoms with van der Waals surface area (Å²) in [5.41, 5.74) is 3.77. The molecular weight excluding hydrogens is 390 g/mol. The fourth-order valence-electron chi connectivity index (χ4n) is 2.49. The van der Waals surface area contributed by atoms with Crippen molar-refractivity contribution in [2.75, 3.05) is 5.32 Å². The van der Waals surface area contributed by atoms with E-state index in [9.17, 15) is 10.1 Å². The highest BCUT2D eigenvalue weighted by Gasteiger charge is 2.10. The van der Waals surface area contributed by atoms with Crippen molar-refractivity contribution in [3.05, 3.63) is 82.1 Å². The van der Waals surface area contributed by atoms with Gasteiger partial charge in [-0.1, -0.05) is 29.0 Å². The Labute approximate surface area is 169 Å². The fourth-order valence-corrected chi connectivity index (χ4v) is 3.26. The summed E-state index contributed by atoms with van der Waals surface area (Å²) in [6.45, 7) is 2.04. The first-order chi connectivity index (χ1) is 14.1. The number of hydrogen-bond acceptors (Lipinski definition) is 8. The lowest BCUT2D eigenvalue weighted by Crippen LogP contribution is -1.88. The predicted octanol–water partition coefficient (Wildman–Crippen LogP) is 5.51. The minimum Gasteiger partial charge on any atom is -0.400 e. The standard InChI is InChI=1S/C20H15N5O3S/c1-13-2-6-16(7-3-13)22-20-24-23-19(29-20)14-4-8-15(9-5-14)21-12-17-10-11-18(28-17)25(26)27/h2-12H,1H3,(H,22,24). The summed E-state index contributed by atoms with van der Waals surface area (Å²) < 4.78 is 5.05. The lowest BCUT2D eigenvalue weighted by atomic mass is 10.2. The van der Waals surface area contributed by atoms with Crippen molar-refractivity contribution in [3.63, 3.8) is 0 Å². The summed E-state index contributed by atoms with van der Waals surface area (Å²) in [5, 5.41) is 23.8. The lowest BCUT2D eigenvalue weighted by molar-refractivity contribution is -0.402. The highest BCUT2D eigenvalue weighted by atomic mass is 32.1. The van der Waals surface area contributed by atoms with Crippen molar-refractivity contribution in [1.82, 2.24) is 10.2 Å². The van der Waals surface area contributed by atoms with Gasteiger partial charge in [0.25, 0.3) is 0 Å². The number of aliphatic imine (C=N–C) groups is 1. The number of anilines is 2. The van der Waals surface area contributed by atoms with Gasteiger partial charge < -0.3 is 9.73 Å². The predicted molar refractivity (Wildman–Crippen MR) is 112 cm³/mol. The summed E-state index contributed by atoms with van der Waals surface area (Å²) >= 11 is 1.46. The van der Waals surface area contributed by atoms with Crippen molar-refractivity contribution < 1.29 is 9.34 Å². The van der Waals surface area contributed by atoms with Gasteiger partial charge in [0, 0.05) is 11.3 Å². The van der Waals surface area contributed by atoms with Crippen LogP contribution in [0.4, 0.5) is 22.4 Å². The van der Waals surface area contributed by atoms with E-state index in [-0.39, 0.29) is 5.88 Å². The smallest absolute Gasteiger partial charge is 0.400 e. The van der Waals surface area contributed by atoms with Crippen LogP contribution in [-0.4, -0.2) is 21.3 Å². The second kappa shape index (κ2) is 8.03. The summed E-state index contributed by atoms with van der Waals surface area (Å²) in [7, 11) is 0. The van der Waals surface area contributed by atoms with Crippen LogP contribution in [0.2, 0.25) is 0 Å². The Bertz CT molecular complexity index is 1160. The van der Waals surface area contributed by atoms with Crippen molar-refractivity contribution in [1.29, 1.82) is 0 Å². The van der Waals surface area contributed by atoms with Crippen LogP contribution < -0.4 is 5.32 Å². The lowest BCUT2D eigenvalue weighted by Gasteiger charge is -2.01. The highest BCUT2D eigenvalue weighted by Crippen LogP contribution is 2.29. The van der Waals surface area contributed by atoms with Gasteiger partial charge in [0.1, 0.15) is 9.93 Å². The molecule has 8 nitrogen and oxygen atoms in total. The minimum atomic E-state index is -0.587. The third kappa shape index (κ3) is 4.53. The van der Waals surface area contributed by atoms with E-state index in [0.717, 1.165) is 16.3 Å². The second-order valence-electron chi connectivity index (χ2n) is 6.14. The van der Waals surface area contributed by atoms with Crippen LogP contribution in [0.15, 0.2) is 70.1 Å². The maximum Gasteiger partial charge on any atom is 0.433 e. The quantitative estimate of drug-likeness (QED) is 0.257. The molecule has 0 saturated carbocycles. The van der Waals surface area contributed by atoms with Crippen LogP contribution in [-0.2, 0) is 0 Å². The van der Waals surface area contributed by atoms with E-state index >= 15 is 0 Å². The van der Waals surface area contributed by atoms with Crippen LogP contribution >= 0.6 is 11.3 Å². The van der Waals surface area contributed by atoms with Gasteiger partial charge in [-0.2, -0.15) is 0 Å². The highest BCUT2D eigenvalue weighted by molar-refractivity contribution is 7.18. The zero-order chi connectivity index (χ0) is 20.2. The van der Waals surface area contributed by atoms with Crippen LogP contribution in [0.1, 0.15) is 11.3 Å². The number of benzene rings is 2. The molecule has 2 aromatic heterocycles. The van der Waals surface area contributed by atoms with Crippen LogP contribution in [0.3, 0.4) is 0 Å². The normalized spacial score (nSPS) is 11.1. The zero-order valence-corrected chi connectivity index (χ0v) is 16.1. The number of rotatable bonds is 6. The number of aryl methyl sites for hydroxylation is 1. The summed E-state index contributed by atoms with van der Waals surface area (Å²) in [6, 6.07) is 18.3. The largest absolute Gasteiger partial charge is 0.433 e. The Hall–Kier alpha value is -3.85. The summed E-state index contributed by atoms with van der Waals surface area (Å²) in [4.78, 5) is 14.3. The first-order valence-electron chi connectivity index (χ1n) is 8.63. The van der Waals surface area contributed by atoms with Crippen molar-refractivity contribution in [2.45, 2.75) is 6.92 Å². The summed E-state index contributed by atoms with van der Waals surface area (Å²) in [5.74, 6) is 0.00448. The topological polar surface area (TPSA) is 106 Å². The van der Waals surface area contributed by atoms with Crippen LogP contribution in [0, 0.1) is 17.0 Å². The molecule has 0 bridgehead atoms. The molecule has 0 aliphatic rings. The third-order valence-corrected chi connectivity index (χ3v) is 4.86. The van der Waals surface area contributed by atoms with Crippen molar-refractivity contribution >= 4 is 39.9 Å².